The molecule has 0 aromatic heterocycles. The molecule has 0 aromatic rings. The molecule has 0 saturated heterocycles. The highest BCUT2D eigenvalue weighted by atomic mass is 16.3. The van der Waals surface area contributed by atoms with E-state index < -0.39 is 0 Å². The Kier molecular flexibility index (Phi) is 6.68. The molecule has 3 atom stereocenters. The zero-order valence-corrected chi connectivity index (χ0v) is 14.0. The lowest BCUT2D eigenvalue weighted by Crippen LogP contribution is -2.50. The van der Waals surface area contributed by atoms with Crippen molar-refractivity contribution in [2.24, 2.45) is 11.3 Å². The molecule has 0 spiro atoms. The number of amides is 2. The third kappa shape index (κ3) is 6.48. The summed E-state index contributed by atoms with van der Waals surface area (Å²) in [7, 11) is 4.08. The van der Waals surface area contributed by atoms with Crippen LogP contribution >= 0.6 is 0 Å². The summed E-state index contributed by atoms with van der Waals surface area (Å²) in [4.78, 5) is 14.3. The van der Waals surface area contributed by atoms with Crippen LogP contribution in [-0.2, 0) is 0 Å². The van der Waals surface area contributed by atoms with Gasteiger partial charge in [-0.1, -0.05) is 32.9 Å². The second-order valence-corrected chi connectivity index (χ2v) is 7.30. The first-order valence-electron chi connectivity index (χ1n) is 7.73. The van der Waals surface area contributed by atoms with Crippen LogP contribution in [0, 0.1) is 11.3 Å². The minimum Gasteiger partial charge on any atom is -0.396 e. The lowest BCUT2D eigenvalue weighted by molar-refractivity contribution is 0.203. The molecule has 1 unspecified atom stereocenters. The molecule has 3 N–H and O–H groups in total. The van der Waals surface area contributed by atoms with Gasteiger partial charge >= 0.3 is 6.03 Å². The molecule has 0 heterocycles. The maximum Gasteiger partial charge on any atom is 0.315 e. The Morgan fingerprint density at radius 3 is 2.52 bits per heavy atom. The number of aliphatic hydroxyl groups excluding tert-OH is 1. The number of rotatable bonds is 6. The van der Waals surface area contributed by atoms with Crippen LogP contribution in [0.5, 0.6) is 0 Å². The van der Waals surface area contributed by atoms with E-state index in [1.807, 2.05) is 26.2 Å². The number of carbonyl (C=O) groups is 1. The standard InChI is InChI=1S/C16H31N3O2/c1-16(2,3)14(8-9-19(4)5)18-15(21)17-13-7-6-12(10-13)11-20/h6-7,12-14,20H,8-11H2,1-5H3,(H2,17,18,21)/t12-,13+,14?/m0/s1. The van der Waals surface area contributed by atoms with Crippen LogP contribution in [0.15, 0.2) is 12.2 Å². The molecule has 5 heteroatoms. The molecule has 5 nitrogen and oxygen atoms in total. The molecular weight excluding hydrogens is 266 g/mol. The van der Waals surface area contributed by atoms with Crippen molar-refractivity contribution in [3.05, 3.63) is 12.2 Å². The summed E-state index contributed by atoms with van der Waals surface area (Å²) < 4.78 is 0. The maximum absolute atomic E-state index is 12.2. The van der Waals surface area contributed by atoms with Gasteiger partial charge in [-0.05, 0) is 38.9 Å². The van der Waals surface area contributed by atoms with Crippen LogP contribution in [0.25, 0.3) is 0 Å². The monoisotopic (exact) mass is 297 g/mol. The van der Waals surface area contributed by atoms with Gasteiger partial charge < -0.3 is 20.6 Å². The van der Waals surface area contributed by atoms with Gasteiger partial charge in [-0.15, -0.1) is 0 Å². The van der Waals surface area contributed by atoms with E-state index in [1.54, 1.807) is 0 Å². The Morgan fingerprint density at radius 2 is 2.05 bits per heavy atom. The van der Waals surface area contributed by atoms with Crippen LogP contribution in [0.2, 0.25) is 0 Å². The molecule has 0 aliphatic heterocycles. The summed E-state index contributed by atoms with van der Waals surface area (Å²) in [6, 6.07) is 0.0254. The fourth-order valence-electron chi connectivity index (χ4n) is 2.49. The van der Waals surface area contributed by atoms with Crippen LogP contribution in [-0.4, -0.2) is 55.4 Å². The third-order valence-electron chi connectivity index (χ3n) is 3.94. The van der Waals surface area contributed by atoms with Gasteiger partial charge in [-0.25, -0.2) is 4.79 Å². The predicted octanol–water partition coefficient (Wildman–Crippen LogP) is 1.59. The van der Waals surface area contributed by atoms with Gasteiger partial charge in [0.05, 0.1) is 0 Å². The van der Waals surface area contributed by atoms with Crippen molar-refractivity contribution >= 4 is 6.03 Å². The van der Waals surface area contributed by atoms with Gasteiger partial charge in [0.1, 0.15) is 0 Å². The molecule has 21 heavy (non-hydrogen) atoms. The number of aliphatic hydroxyl groups is 1. The number of urea groups is 1. The van der Waals surface area contributed by atoms with Gasteiger partial charge in [0.2, 0.25) is 0 Å². The highest BCUT2D eigenvalue weighted by molar-refractivity contribution is 5.75. The molecule has 0 fully saturated rings. The van der Waals surface area contributed by atoms with E-state index in [0.717, 1.165) is 19.4 Å². The van der Waals surface area contributed by atoms with Crippen molar-refractivity contribution in [2.75, 3.05) is 27.2 Å². The molecule has 0 radical (unpaired) electrons. The second kappa shape index (κ2) is 7.80. The molecule has 122 valence electrons. The smallest absolute Gasteiger partial charge is 0.315 e. The number of carbonyl (C=O) groups excluding carboxylic acids is 1. The Morgan fingerprint density at radius 1 is 1.38 bits per heavy atom. The van der Waals surface area contributed by atoms with Crippen molar-refractivity contribution < 1.29 is 9.90 Å². The van der Waals surface area contributed by atoms with E-state index in [1.165, 1.54) is 0 Å². The highest BCUT2D eigenvalue weighted by Crippen LogP contribution is 2.22. The third-order valence-corrected chi connectivity index (χ3v) is 3.94. The van der Waals surface area contributed by atoms with Crippen LogP contribution < -0.4 is 10.6 Å². The van der Waals surface area contributed by atoms with Crippen LogP contribution in [0.1, 0.15) is 33.6 Å². The fourth-order valence-corrected chi connectivity index (χ4v) is 2.49. The van der Waals surface area contributed by atoms with E-state index in [4.69, 9.17) is 5.11 Å². The molecule has 0 aromatic carbocycles. The number of hydrogen-bond donors (Lipinski definition) is 3. The summed E-state index contributed by atoms with van der Waals surface area (Å²) >= 11 is 0. The first-order valence-corrected chi connectivity index (χ1v) is 7.73. The number of nitrogens with one attached hydrogen (secondary N) is 2. The Balaban J connectivity index is 2.47. The average molecular weight is 297 g/mol. The normalized spacial score (nSPS) is 23.4. The molecule has 0 bridgehead atoms. The zero-order chi connectivity index (χ0) is 16.0. The predicted molar refractivity (Wildman–Crippen MR) is 86.2 cm³/mol. The first-order chi connectivity index (χ1) is 9.72. The van der Waals surface area contributed by atoms with E-state index in [2.05, 4.69) is 36.3 Å². The number of hydrogen-bond acceptors (Lipinski definition) is 3. The maximum atomic E-state index is 12.2. The lowest BCUT2D eigenvalue weighted by atomic mass is 9.84. The molecule has 1 aliphatic carbocycles. The highest BCUT2D eigenvalue weighted by Gasteiger charge is 2.27. The Hall–Kier alpha value is -1.07. The minimum atomic E-state index is -0.123. The largest absolute Gasteiger partial charge is 0.396 e. The van der Waals surface area contributed by atoms with Gasteiger partial charge in [-0.3, -0.25) is 0 Å². The summed E-state index contributed by atoms with van der Waals surface area (Å²) in [5.41, 5.74) is 0.0203. The summed E-state index contributed by atoms with van der Waals surface area (Å²) in [6.07, 6.45) is 5.64. The van der Waals surface area contributed by atoms with E-state index in [-0.39, 0.29) is 36.1 Å². The van der Waals surface area contributed by atoms with Gasteiger partial charge in [0.25, 0.3) is 0 Å². The topological polar surface area (TPSA) is 64.6 Å². The van der Waals surface area contributed by atoms with Crippen molar-refractivity contribution in [2.45, 2.75) is 45.7 Å². The molecule has 0 saturated carbocycles. The molecule has 1 rings (SSSR count). The Bertz CT molecular complexity index is 361. The summed E-state index contributed by atoms with van der Waals surface area (Å²) in [5.74, 6) is 0.169. The minimum absolute atomic E-state index is 0.0203. The van der Waals surface area contributed by atoms with Crippen molar-refractivity contribution in [1.82, 2.24) is 15.5 Å². The van der Waals surface area contributed by atoms with Gasteiger partial charge in [0.15, 0.2) is 0 Å². The molecular formula is C16H31N3O2. The summed E-state index contributed by atoms with van der Waals surface area (Å²) in [6.45, 7) is 7.52. The molecule has 1 aliphatic rings. The molecule has 2 amide bonds. The van der Waals surface area contributed by atoms with Crippen molar-refractivity contribution in [3.63, 3.8) is 0 Å². The fraction of sp³-hybridized carbons (Fsp3) is 0.812. The second-order valence-electron chi connectivity index (χ2n) is 7.30. The van der Waals surface area contributed by atoms with Crippen LogP contribution in [0.4, 0.5) is 4.79 Å². The van der Waals surface area contributed by atoms with Crippen molar-refractivity contribution in [1.29, 1.82) is 0 Å². The van der Waals surface area contributed by atoms with Gasteiger partial charge in [-0.2, -0.15) is 0 Å². The van der Waals surface area contributed by atoms with Crippen molar-refractivity contribution in [3.8, 4) is 0 Å². The zero-order valence-electron chi connectivity index (χ0n) is 14.0. The van der Waals surface area contributed by atoms with Gasteiger partial charge in [0, 0.05) is 24.6 Å². The van der Waals surface area contributed by atoms with Crippen LogP contribution in [0.3, 0.4) is 0 Å². The summed E-state index contributed by atoms with van der Waals surface area (Å²) in [5, 5.41) is 15.2. The van der Waals surface area contributed by atoms with E-state index in [9.17, 15) is 4.79 Å². The Labute approximate surface area is 128 Å². The average Bonchev–Trinajstić information content (AvgIpc) is 2.80. The quantitative estimate of drug-likeness (QED) is 0.652. The SMILES string of the molecule is CN(C)CCC(NC(=O)N[C@@H]1C=C[C@H](CO)C1)C(C)(C)C. The first kappa shape index (κ1) is 18.0. The van der Waals surface area contributed by atoms with E-state index in [0.29, 0.717) is 0 Å². The lowest BCUT2D eigenvalue weighted by Gasteiger charge is -2.32. The van der Waals surface area contributed by atoms with E-state index >= 15 is 0 Å². The number of nitrogens with zero attached hydrogens (tertiary/aromatic N) is 1.